The molecular formula is C21H27ClN2O2S. The highest BCUT2D eigenvalue weighted by atomic mass is 35.5. The quantitative estimate of drug-likeness (QED) is 0.745. The van der Waals surface area contributed by atoms with Gasteiger partial charge in [-0.3, -0.25) is 0 Å². The SMILES string of the molecule is Cc1ccc(C(C)C)cc1S(=O)(=O)N1CCN(c2cccc(Cl)c2C)CC1. The summed E-state index contributed by atoms with van der Waals surface area (Å²) in [4.78, 5) is 2.64. The first-order valence-electron chi connectivity index (χ1n) is 9.32. The van der Waals surface area contributed by atoms with Gasteiger partial charge in [0.25, 0.3) is 0 Å². The molecule has 0 unspecified atom stereocenters. The lowest BCUT2D eigenvalue weighted by Gasteiger charge is -2.36. The van der Waals surface area contributed by atoms with Crippen LogP contribution in [-0.4, -0.2) is 38.9 Å². The van der Waals surface area contributed by atoms with E-state index in [2.05, 4.69) is 18.7 Å². The van der Waals surface area contributed by atoms with Crippen molar-refractivity contribution in [3.63, 3.8) is 0 Å². The van der Waals surface area contributed by atoms with E-state index in [0.717, 1.165) is 27.4 Å². The zero-order valence-corrected chi connectivity index (χ0v) is 17.9. The summed E-state index contributed by atoms with van der Waals surface area (Å²) in [6.07, 6.45) is 0. The maximum Gasteiger partial charge on any atom is 0.243 e. The molecule has 4 nitrogen and oxygen atoms in total. The van der Waals surface area contributed by atoms with Crippen molar-refractivity contribution >= 4 is 27.3 Å². The van der Waals surface area contributed by atoms with E-state index < -0.39 is 10.0 Å². The fraction of sp³-hybridized carbons (Fsp3) is 0.429. The van der Waals surface area contributed by atoms with Gasteiger partial charge in [-0.05, 0) is 54.7 Å². The molecule has 0 amide bonds. The molecule has 27 heavy (non-hydrogen) atoms. The monoisotopic (exact) mass is 406 g/mol. The van der Waals surface area contributed by atoms with Crippen molar-refractivity contribution < 1.29 is 8.42 Å². The van der Waals surface area contributed by atoms with Gasteiger partial charge in [0.05, 0.1) is 4.90 Å². The Kier molecular flexibility index (Phi) is 5.84. The zero-order valence-electron chi connectivity index (χ0n) is 16.4. The Labute approximate surface area is 167 Å². The molecule has 1 saturated heterocycles. The van der Waals surface area contributed by atoms with E-state index >= 15 is 0 Å². The number of halogens is 1. The van der Waals surface area contributed by atoms with E-state index in [1.807, 2.05) is 50.2 Å². The lowest BCUT2D eigenvalue weighted by Crippen LogP contribution is -2.49. The molecule has 0 bridgehead atoms. The Morgan fingerprint density at radius 1 is 1.00 bits per heavy atom. The average Bonchev–Trinajstić information content (AvgIpc) is 2.64. The Morgan fingerprint density at radius 3 is 2.30 bits per heavy atom. The normalized spacial score (nSPS) is 16.1. The van der Waals surface area contributed by atoms with E-state index in [4.69, 9.17) is 11.6 Å². The van der Waals surface area contributed by atoms with Crippen molar-refractivity contribution in [2.24, 2.45) is 0 Å². The fourth-order valence-electron chi connectivity index (χ4n) is 3.50. The van der Waals surface area contributed by atoms with Gasteiger partial charge in [0, 0.05) is 36.9 Å². The van der Waals surface area contributed by atoms with Gasteiger partial charge in [0.15, 0.2) is 0 Å². The second-order valence-electron chi connectivity index (χ2n) is 7.45. The second kappa shape index (κ2) is 7.82. The van der Waals surface area contributed by atoms with Crippen LogP contribution in [0.4, 0.5) is 5.69 Å². The number of rotatable bonds is 4. The molecule has 0 saturated carbocycles. The van der Waals surface area contributed by atoms with Gasteiger partial charge < -0.3 is 4.90 Å². The van der Waals surface area contributed by atoms with E-state index in [0.29, 0.717) is 37.0 Å². The minimum atomic E-state index is -3.49. The third-order valence-electron chi connectivity index (χ3n) is 5.32. The van der Waals surface area contributed by atoms with Crippen LogP contribution < -0.4 is 4.90 Å². The molecule has 0 radical (unpaired) electrons. The highest BCUT2D eigenvalue weighted by Gasteiger charge is 2.30. The molecule has 1 aliphatic rings. The molecule has 1 aliphatic heterocycles. The maximum absolute atomic E-state index is 13.2. The lowest BCUT2D eigenvalue weighted by molar-refractivity contribution is 0.384. The van der Waals surface area contributed by atoms with Crippen molar-refractivity contribution in [2.75, 3.05) is 31.1 Å². The van der Waals surface area contributed by atoms with E-state index in [9.17, 15) is 8.42 Å². The molecule has 0 atom stereocenters. The minimum absolute atomic E-state index is 0.294. The first-order valence-corrected chi connectivity index (χ1v) is 11.1. The summed E-state index contributed by atoms with van der Waals surface area (Å²) in [5.74, 6) is 0.294. The number of hydrogen-bond donors (Lipinski definition) is 0. The van der Waals surface area contributed by atoms with Crippen LogP contribution in [0.1, 0.15) is 36.5 Å². The molecule has 0 N–H and O–H groups in total. The third kappa shape index (κ3) is 4.00. The minimum Gasteiger partial charge on any atom is -0.369 e. The van der Waals surface area contributed by atoms with Gasteiger partial charge in [0.1, 0.15) is 0 Å². The standard InChI is InChI=1S/C21H27ClN2O2S/c1-15(2)18-9-8-16(3)21(14-18)27(25,26)24-12-10-23(11-13-24)20-7-5-6-19(22)17(20)4/h5-9,14-15H,10-13H2,1-4H3. The maximum atomic E-state index is 13.2. The largest absolute Gasteiger partial charge is 0.369 e. The van der Waals surface area contributed by atoms with Gasteiger partial charge in [-0.15, -0.1) is 0 Å². The number of sulfonamides is 1. The fourth-order valence-corrected chi connectivity index (χ4v) is 5.35. The third-order valence-corrected chi connectivity index (χ3v) is 7.77. The molecule has 2 aromatic rings. The number of benzene rings is 2. The number of anilines is 1. The zero-order chi connectivity index (χ0) is 19.8. The smallest absolute Gasteiger partial charge is 0.243 e. The highest BCUT2D eigenvalue weighted by Crippen LogP contribution is 2.29. The molecule has 1 fully saturated rings. The Morgan fingerprint density at radius 2 is 1.67 bits per heavy atom. The van der Waals surface area contributed by atoms with E-state index in [-0.39, 0.29) is 0 Å². The van der Waals surface area contributed by atoms with Crippen LogP contribution in [0, 0.1) is 13.8 Å². The lowest BCUT2D eigenvalue weighted by atomic mass is 10.0. The topological polar surface area (TPSA) is 40.6 Å². The number of nitrogens with zero attached hydrogens (tertiary/aromatic N) is 2. The van der Waals surface area contributed by atoms with Crippen molar-refractivity contribution in [3.8, 4) is 0 Å². The summed E-state index contributed by atoms with van der Waals surface area (Å²) >= 11 is 6.24. The summed E-state index contributed by atoms with van der Waals surface area (Å²) in [7, 11) is -3.49. The molecule has 146 valence electrons. The van der Waals surface area contributed by atoms with Crippen LogP contribution in [0.25, 0.3) is 0 Å². The van der Waals surface area contributed by atoms with E-state index in [1.54, 1.807) is 4.31 Å². The molecule has 3 rings (SSSR count). The Bertz CT molecular complexity index is 933. The average molecular weight is 407 g/mol. The van der Waals surface area contributed by atoms with Crippen molar-refractivity contribution in [1.82, 2.24) is 4.31 Å². The van der Waals surface area contributed by atoms with Gasteiger partial charge in [-0.25, -0.2) is 8.42 Å². The number of piperazine rings is 1. The van der Waals surface area contributed by atoms with Gasteiger partial charge >= 0.3 is 0 Å². The molecule has 0 aliphatic carbocycles. The summed E-state index contributed by atoms with van der Waals surface area (Å²) in [6, 6.07) is 11.6. The van der Waals surface area contributed by atoms with Gasteiger partial charge in [0.2, 0.25) is 10.0 Å². The Balaban J connectivity index is 1.81. The highest BCUT2D eigenvalue weighted by molar-refractivity contribution is 7.89. The molecular weight excluding hydrogens is 380 g/mol. The van der Waals surface area contributed by atoms with Crippen LogP contribution in [0.2, 0.25) is 5.02 Å². The first kappa shape index (κ1) is 20.2. The summed E-state index contributed by atoms with van der Waals surface area (Å²) in [5, 5.41) is 0.740. The molecule has 1 heterocycles. The molecule has 6 heteroatoms. The number of hydrogen-bond acceptors (Lipinski definition) is 3. The van der Waals surface area contributed by atoms with Crippen molar-refractivity contribution in [2.45, 2.75) is 38.5 Å². The summed E-state index contributed by atoms with van der Waals surface area (Å²) in [6.45, 7) is 10.3. The summed E-state index contributed by atoms with van der Waals surface area (Å²) in [5.41, 5.74) is 3.97. The Hall–Kier alpha value is -1.56. The van der Waals surface area contributed by atoms with Crippen LogP contribution in [0.5, 0.6) is 0 Å². The van der Waals surface area contributed by atoms with Crippen molar-refractivity contribution in [3.05, 3.63) is 58.1 Å². The van der Waals surface area contributed by atoms with Gasteiger partial charge in [-0.1, -0.05) is 43.6 Å². The van der Waals surface area contributed by atoms with Gasteiger partial charge in [-0.2, -0.15) is 4.31 Å². The predicted octanol–water partition coefficient (Wildman–Crippen LogP) is 4.59. The van der Waals surface area contributed by atoms with E-state index in [1.165, 1.54) is 0 Å². The van der Waals surface area contributed by atoms with Crippen molar-refractivity contribution in [1.29, 1.82) is 0 Å². The van der Waals surface area contributed by atoms with Crippen LogP contribution in [0.3, 0.4) is 0 Å². The van der Waals surface area contributed by atoms with Crippen LogP contribution in [0.15, 0.2) is 41.3 Å². The molecule has 0 aromatic heterocycles. The van der Waals surface area contributed by atoms with Crippen LogP contribution >= 0.6 is 11.6 Å². The number of aryl methyl sites for hydroxylation is 1. The molecule has 2 aromatic carbocycles. The van der Waals surface area contributed by atoms with Crippen LogP contribution in [-0.2, 0) is 10.0 Å². The second-order valence-corrected chi connectivity index (χ2v) is 9.77. The summed E-state index contributed by atoms with van der Waals surface area (Å²) < 4.78 is 28.1. The first-order chi connectivity index (χ1) is 12.7. The molecule has 0 spiro atoms. The predicted molar refractivity (Wildman–Crippen MR) is 112 cm³/mol.